The molecule has 0 spiro atoms. The summed E-state index contributed by atoms with van der Waals surface area (Å²) < 4.78 is 32.3. The summed E-state index contributed by atoms with van der Waals surface area (Å²) in [5, 5.41) is -0.238. The number of rotatable bonds is 7. The highest BCUT2D eigenvalue weighted by Crippen LogP contribution is 2.64. The Morgan fingerprint density at radius 1 is 1.23 bits per heavy atom. The first-order chi connectivity index (χ1) is 12.4. The van der Waals surface area contributed by atoms with Crippen molar-refractivity contribution in [2.24, 2.45) is 11.1 Å². The zero-order chi connectivity index (χ0) is 18.9. The van der Waals surface area contributed by atoms with Crippen LogP contribution in [0.25, 0.3) is 0 Å². The molecule has 1 saturated carbocycles. The standard InChI is InChI=1S/C19H20ClNO3S2/c1-2-24-12-19(18(21)25)16(13-7-6-8-14(20)11-13)17(19)26(22,23)15-9-4-3-5-10-15/h3-11,16-17H,2,12H2,1H3,(H2,21,25)/t16-,17+,19-/m0/s1. The number of hydrogen-bond acceptors (Lipinski definition) is 4. The summed E-state index contributed by atoms with van der Waals surface area (Å²) in [4.78, 5) is 0.409. The van der Waals surface area contributed by atoms with Crippen molar-refractivity contribution >= 4 is 38.6 Å². The predicted octanol–water partition coefficient (Wildman–Crippen LogP) is 3.59. The third-order valence-electron chi connectivity index (χ3n) is 4.87. The largest absolute Gasteiger partial charge is 0.393 e. The van der Waals surface area contributed by atoms with Crippen molar-refractivity contribution in [1.29, 1.82) is 0 Å². The zero-order valence-electron chi connectivity index (χ0n) is 14.3. The highest BCUT2D eigenvalue weighted by atomic mass is 35.5. The molecule has 3 atom stereocenters. The highest BCUT2D eigenvalue weighted by molar-refractivity contribution is 7.92. The van der Waals surface area contributed by atoms with Gasteiger partial charge in [-0.25, -0.2) is 8.42 Å². The van der Waals surface area contributed by atoms with Crippen LogP contribution in [0.4, 0.5) is 0 Å². The maximum atomic E-state index is 13.3. The van der Waals surface area contributed by atoms with Gasteiger partial charge in [0.15, 0.2) is 9.84 Å². The van der Waals surface area contributed by atoms with Crippen molar-refractivity contribution in [1.82, 2.24) is 0 Å². The summed E-state index contributed by atoms with van der Waals surface area (Å²) in [6.07, 6.45) is 0. The van der Waals surface area contributed by atoms with Crippen LogP contribution in [0, 0.1) is 5.41 Å². The molecule has 0 amide bonds. The Hall–Kier alpha value is -1.47. The first-order valence-corrected chi connectivity index (χ1v) is 10.6. The van der Waals surface area contributed by atoms with Gasteiger partial charge in [-0.1, -0.05) is 54.2 Å². The van der Waals surface area contributed by atoms with Gasteiger partial charge in [-0.05, 0) is 36.8 Å². The SMILES string of the molecule is CCOC[C@@]1(C(N)=S)[C@H](S(=O)(=O)c2ccccc2)[C@@H]1c1cccc(Cl)c1. The normalized spacial score (nSPS) is 25.0. The van der Waals surface area contributed by atoms with E-state index in [1.807, 2.05) is 13.0 Å². The number of thiocarbonyl (C=S) groups is 1. The molecule has 138 valence electrons. The van der Waals surface area contributed by atoms with Crippen LogP contribution in [0.1, 0.15) is 18.4 Å². The zero-order valence-corrected chi connectivity index (χ0v) is 16.7. The van der Waals surface area contributed by atoms with Gasteiger partial charge in [-0.2, -0.15) is 0 Å². The van der Waals surface area contributed by atoms with Crippen LogP contribution < -0.4 is 5.73 Å². The van der Waals surface area contributed by atoms with Crippen molar-refractivity contribution < 1.29 is 13.2 Å². The van der Waals surface area contributed by atoms with Gasteiger partial charge in [0.1, 0.15) is 0 Å². The molecule has 7 heteroatoms. The highest BCUT2D eigenvalue weighted by Gasteiger charge is 2.73. The van der Waals surface area contributed by atoms with E-state index in [2.05, 4.69) is 0 Å². The number of halogens is 1. The van der Waals surface area contributed by atoms with E-state index in [1.165, 1.54) is 0 Å². The molecule has 3 rings (SSSR count). The molecular weight excluding hydrogens is 390 g/mol. The topological polar surface area (TPSA) is 69.4 Å². The molecule has 2 aromatic rings. The molecular formula is C19H20ClNO3S2. The number of hydrogen-bond donors (Lipinski definition) is 1. The quantitative estimate of drug-likeness (QED) is 0.707. The van der Waals surface area contributed by atoms with Gasteiger partial charge >= 0.3 is 0 Å². The molecule has 1 aliphatic rings. The fraction of sp³-hybridized carbons (Fsp3) is 0.316. The second-order valence-corrected chi connectivity index (χ2v) is 9.30. The summed E-state index contributed by atoms with van der Waals surface area (Å²) in [6.45, 7) is 2.46. The van der Waals surface area contributed by atoms with E-state index in [1.54, 1.807) is 48.5 Å². The molecule has 2 aromatic carbocycles. The maximum Gasteiger partial charge on any atom is 0.182 e. The molecule has 2 N–H and O–H groups in total. The second-order valence-electron chi connectivity index (χ2n) is 6.35. The smallest absolute Gasteiger partial charge is 0.182 e. The average Bonchev–Trinajstić information content (AvgIpc) is 3.32. The molecule has 1 fully saturated rings. The third kappa shape index (κ3) is 3.16. The summed E-state index contributed by atoms with van der Waals surface area (Å²) >= 11 is 11.4. The lowest BCUT2D eigenvalue weighted by Crippen LogP contribution is -2.33. The lowest BCUT2D eigenvalue weighted by molar-refractivity contribution is 0.121. The van der Waals surface area contributed by atoms with Crippen molar-refractivity contribution in [2.75, 3.05) is 13.2 Å². The van der Waals surface area contributed by atoms with Gasteiger partial charge < -0.3 is 10.5 Å². The third-order valence-corrected chi connectivity index (χ3v) is 7.78. The fourth-order valence-electron chi connectivity index (χ4n) is 3.60. The minimum absolute atomic E-state index is 0.153. The van der Waals surface area contributed by atoms with Gasteiger partial charge in [0.2, 0.25) is 0 Å². The molecule has 0 saturated heterocycles. The maximum absolute atomic E-state index is 13.3. The number of benzene rings is 2. The van der Waals surface area contributed by atoms with Crippen molar-refractivity contribution in [3.8, 4) is 0 Å². The Bertz CT molecular complexity index is 917. The van der Waals surface area contributed by atoms with Crippen LogP contribution in [-0.4, -0.2) is 31.9 Å². The van der Waals surface area contributed by atoms with Crippen LogP contribution in [0.15, 0.2) is 59.5 Å². The Morgan fingerprint density at radius 2 is 1.92 bits per heavy atom. The lowest BCUT2D eigenvalue weighted by Gasteiger charge is -2.17. The monoisotopic (exact) mass is 409 g/mol. The first-order valence-electron chi connectivity index (χ1n) is 8.27. The molecule has 0 heterocycles. The van der Waals surface area contributed by atoms with Gasteiger partial charge in [0.25, 0.3) is 0 Å². The van der Waals surface area contributed by atoms with E-state index in [9.17, 15) is 8.42 Å². The van der Waals surface area contributed by atoms with E-state index < -0.39 is 26.4 Å². The number of sulfone groups is 1. The second kappa shape index (κ2) is 7.27. The van der Waals surface area contributed by atoms with Crippen molar-refractivity contribution in [2.45, 2.75) is 23.0 Å². The Labute approximate surface area is 164 Å². The molecule has 0 unspecified atom stereocenters. The minimum atomic E-state index is -3.65. The van der Waals surface area contributed by atoms with E-state index in [0.717, 1.165) is 5.56 Å². The van der Waals surface area contributed by atoms with Crippen LogP contribution in [0.5, 0.6) is 0 Å². The molecule has 0 radical (unpaired) electrons. The Balaban J connectivity index is 2.12. The first kappa shape index (κ1) is 19.3. The molecule has 1 aliphatic carbocycles. The number of nitrogens with two attached hydrogens (primary N) is 1. The number of ether oxygens (including phenoxy) is 1. The van der Waals surface area contributed by atoms with Crippen LogP contribution in [0.3, 0.4) is 0 Å². The molecule has 0 aliphatic heterocycles. The average molecular weight is 410 g/mol. The van der Waals surface area contributed by atoms with Crippen LogP contribution in [-0.2, 0) is 14.6 Å². The summed E-state index contributed by atoms with van der Waals surface area (Å²) in [5.41, 5.74) is 5.92. The van der Waals surface area contributed by atoms with Gasteiger partial charge in [-0.3, -0.25) is 0 Å². The van der Waals surface area contributed by atoms with Gasteiger partial charge in [-0.15, -0.1) is 0 Å². The van der Waals surface area contributed by atoms with Gasteiger partial charge in [0, 0.05) is 17.5 Å². The molecule has 0 bridgehead atoms. The van der Waals surface area contributed by atoms with Gasteiger partial charge in [0.05, 0.1) is 27.2 Å². The predicted molar refractivity (Wildman–Crippen MR) is 107 cm³/mol. The van der Waals surface area contributed by atoms with E-state index >= 15 is 0 Å². The van der Waals surface area contributed by atoms with Crippen LogP contribution in [0.2, 0.25) is 5.02 Å². The molecule has 26 heavy (non-hydrogen) atoms. The molecule has 4 nitrogen and oxygen atoms in total. The lowest BCUT2D eigenvalue weighted by atomic mass is 10.00. The molecule has 0 aromatic heterocycles. The van der Waals surface area contributed by atoms with Crippen molar-refractivity contribution in [3.63, 3.8) is 0 Å². The summed E-state index contributed by atoms with van der Waals surface area (Å²) in [7, 11) is -3.65. The Kier molecular flexibility index (Phi) is 5.40. The summed E-state index contributed by atoms with van der Waals surface area (Å²) in [6, 6.07) is 15.5. The fourth-order valence-corrected chi connectivity index (χ4v) is 6.59. The minimum Gasteiger partial charge on any atom is -0.393 e. The summed E-state index contributed by atoms with van der Waals surface area (Å²) in [5.74, 6) is -0.393. The van der Waals surface area contributed by atoms with Crippen LogP contribution >= 0.6 is 23.8 Å². The van der Waals surface area contributed by atoms with E-state index in [-0.39, 0.29) is 16.5 Å². The Morgan fingerprint density at radius 3 is 2.50 bits per heavy atom. The van der Waals surface area contributed by atoms with E-state index in [4.69, 9.17) is 34.3 Å². The van der Waals surface area contributed by atoms with Crippen molar-refractivity contribution in [3.05, 3.63) is 65.2 Å². The van der Waals surface area contributed by atoms with E-state index in [0.29, 0.717) is 11.6 Å².